The number of aromatic nitrogens is 1. The van der Waals surface area contributed by atoms with Crippen molar-refractivity contribution >= 4 is 17.3 Å². The topological polar surface area (TPSA) is 63.2 Å². The summed E-state index contributed by atoms with van der Waals surface area (Å²) in [6, 6.07) is 17.1. The van der Waals surface area contributed by atoms with Crippen LogP contribution >= 0.6 is 0 Å². The van der Waals surface area contributed by atoms with Gasteiger partial charge in [-0.3, -0.25) is 9.78 Å². The van der Waals surface area contributed by atoms with E-state index in [1.807, 2.05) is 24.3 Å². The second-order valence-electron chi connectivity index (χ2n) is 5.57. The molecule has 3 aromatic rings. The molecule has 0 fully saturated rings. The van der Waals surface area contributed by atoms with Gasteiger partial charge in [0, 0.05) is 18.4 Å². The predicted molar refractivity (Wildman–Crippen MR) is 98.9 cm³/mol. The monoisotopic (exact) mass is 351 g/mol. The lowest BCUT2D eigenvalue weighted by Gasteiger charge is -2.09. The Bertz CT molecular complexity index is 898. The van der Waals surface area contributed by atoms with Gasteiger partial charge in [-0.05, 0) is 42.0 Å². The molecule has 6 heteroatoms. The quantitative estimate of drug-likeness (QED) is 0.702. The summed E-state index contributed by atoms with van der Waals surface area (Å²) in [5, 5.41) is 5.76. The molecule has 1 amide bonds. The molecule has 5 nitrogen and oxygen atoms in total. The summed E-state index contributed by atoms with van der Waals surface area (Å²) >= 11 is 0. The van der Waals surface area contributed by atoms with Gasteiger partial charge in [0.15, 0.2) is 0 Å². The van der Waals surface area contributed by atoms with Crippen LogP contribution in [0, 0.1) is 5.82 Å². The van der Waals surface area contributed by atoms with Crippen LogP contribution in [0.15, 0.2) is 66.9 Å². The molecule has 132 valence electrons. The van der Waals surface area contributed by atoms with E-state index in [0.29, 0.717) is 6.54 Å². The number of hydrogen-bond donors (Lipinski definition) is 2. The maximum absolute atomic E-state index is 13.7. The van der Waals surface area contributed by atoms with Gasteiger partial charge in [0.05, 0.1) is 12.8 Å². The van der Waals surface area contributed by atoms with Crippen molar-refractivity contribution in [3.8, 4) is 5.75 Å². The van der Waals surface area contributed by atoms with Crippen LogP contribution in [0.1, 0.15) is 16.1 Å². The third kappa shape index (κ3) is 4.36. The number of para-hydroxylation sites is 1. The third-order valence-corrected chi connectivity index (χ3v) is 3.77. The molecule has 0 saturated carbocycles. The summed E-state index contributed by atoms with van der Waals surface area (Å²) in [7, 11) is 1.62. The maximum atomic E-state index is 13.7. The van der Waals surface area contributed by atoms with E-state index >= 15 is 0 Å². The van der Waals surface area contributed by atoms with Crippen molar-refractivity contribution in [3.05, 3.63) is 83.9 Å². The SMILES string of the molecule is COc1ccc(CNc2ccnc(C(=O)Nc3ccccc3F)c2)cc1. The van der Waals surface area contributed by atoms with Gasteiger partial charge in [-0.25, -0.2) is 4.39 Å². The number of nitrogens with zero attached hydrogens (tertiary/aromatic N) is 1. The largest absolute Gasteiger partial charge is 0.497 e. The van der Waals surface area contributed by atoms with Gasteiger partial charge in [-0.2, -0.15) is 0 Å². The number of rotatable bonds is 6. The Morgan fingerprint density at radius 2 is 1.88 bits per heavy atom. The summed E-state index contributed by atoms with van der Waals surface area (Å²) < 4.78 is 18.8. The first-order valence-electron chi connectivity index (χ1n) is 8.04. The van der Waals surface area contributed by atoms with Crippen molar-refractivity contribution < 1.29 is 13.9 Å². The molecule has 3 rings (SSSR count). The lowest BCUT2D eigenvalue weighted by molar-refractivity contribution is 0.102. The molecule has 0 saturated heterocycles. The number of amides is 1. The summed E-state index contributed by atoms with van der Waals surface area (Å²) in [6.07, 6.45) is 1.53. The lowest BCUT2D eigenvalue weighted by atomic mass is 10.2. The van der Waals surface area contributed by atoms with Crippen LogP contribution in [0.3, 0.4) is 0 Å². The minimum absolute atomic E-state index is 0.121. The second-order valence-corrected chi connectivity index (χ2v) is 5.57. The minimum Gasteiger partial charge on any atom is -0.497 e. The minimum atomic E-state index is -0.491. The zero-order chi connectivity index (χ0) is 18.4. The van der Waals surface area contributed by atoms with Crippen molar-refractivity contribution in [1.29, 1.82) is 0 Å². The zero-order valence-electron chi connectivity index (χ0n) is 14.2. The molecule has 0 radical (unpaired) electrons. The van der Waals surface area contributed by atoms with Crippen molar-refractivity contribution in [3.63, 3.8) is 0 Å². The number of pyridine rings is 1. The van der Waals surface area contributed by atoms with Crippen molar-refractivity contribution in [2.45, 2.75) is 6.54 Å². The standard InChI is InChI=1S/C20H18FN3O2/c1-26-16-8-6-14(7-9-16)13-23-15-10-11-22-19(12-15)20(25)24-18-5-3-2-4-17(18)21/h2-12H,13H2,1H3,(H,22,23)(H,24,25). The highest BCUT2D eigenvalue weighted by atomic mass is 19.1. The number of carbonyl (C=O) groups excluding carboxylic acids is 1. The van der Waals surface area contributed by atoms with E-state index in [1.54, 1.807) is 31.4 Å². The van der Waals surface area contributed by atoms with E-state index < -0.39 is 11.7 Å². The Balaban J connectivity index is 1.65. The zero-order valence-corrected chi connectivity index (χ0v) is 14.2. The molecule has 2 N–H and O–H groups in total. The Kier molecular flexibility index (Phi) is 5.43. The number of methoxy groups -OCH3 is 1. The number of benzene rings is 2. The summed E-state index contributed by atoms with van der Waals surface area (Å²) in [6.45, 7) is 0.586. The Morgan fingerprint density at radius 3 is 2.62 bits per heavy atom. The van der Waals surface area contributed by atoms with Gasteiger partial charge in [0.1, 0.15) is 17.3 Å². The van der Waals surface area contributed by atoms with Gasteiger partial charge in [-0.15, -0.1) is 0 Å². The number of anilines is 2. The first-order chi connectivity index (χ1) is 12.7. The normalized spacial score (nSPS) is 10.2. The van der Waals surface area contributed by atoms with Crippen LogP contribution in [0.2, 0.25) is 0 Å². The highest BCUT2D eigenvalue weighted by Crippen LogP contribution is 2.16. The van der Waals surface area contributed by atoms with Crippen LogP contribution in [-0.4, -0.2) is 18.0 Å². The molecule has 0 aliphatic carbocycles. The average Bonchev–Trinajstić information content (AvgIpc) is 2.69. The summed E-state index contributed by atoms with van der Waals surface area (Å²) in [4.78, 5) is 16.3. The van der Waals surface area contributed by atoms with Gasteiger partial charge in [-0.1, -0.05) is 24.3 Å². The first kappa shape index (κ1) is 17.4. The molecule has 1 heterocycles. The molecule has 0 bridgehead atoms. The van der Waals surface area contributed by atoms with E-state index in [1.165, 1.54) is 18.3 Å². The molecule has 2 aromatic carbocycles. The average molecular weight is 351 g/mol. The Hall–Kier alpha value is -3.41. The maximum Gasteiger partial charge on any atom is 0.274 e. The van der Waals surface area contributed by atoms with Gasteiger partial charge >= 0.3 is 0 Å². The van der Waals surface area contributed by atoms with Crippen LogP contribution in [0.25, 0.3) is 0 Å². The molecular weight excluding hydrogens is 333 g/mol. The van der Waals surface area contributed by atoms with E-state index in [9.17, 15) is 9.18 Å². The van der Waals surface area contributed by atoms with Gasteiger partial charge in [0.25, 0.3) is 5.91 Å². The number of carbonyl (C=O) groups is 1. The number of halogens is 1. The highest BCUT2D eigenvalue weighted by molar-refractivity contribution is 6.03. The molecule has 0 atom stereocenters. The fourth-order valence-electron chi connectivity index (χ4n) is 2.36. The molecule has 0 aliphatic rings. The molecule has 0 aliphatic heterocycles. The molecule has 0 spiro atoms. The van der Waals surface area contributed by atoms with Crippen molar-refractivity contribution in [2.75, 3.05) is 17.7 Å². The fourth-order valence-corrected chi connectivity index (χ4v) is 2.36. The van der Waals surface area contributed by atoms with Crippen molar-refractivity contribution in [2.24, 2.45) is 0 Å². The van der Waals surface area contributed by atoms with Gasteiger partial charge in [0.2, 0.25) is 0 Å². The number of nitrogens with one attached hydrogen (secondary N) is 2. The molecule has 1 aromatic heterocycles. The fraction of sp³-hybridized carbons (Fsp3) is 0.100. The predicted octanol–water partition coefficient (Wildman–Crippen LogP) is 4.09. The summed E-state index contributed by atoms with van der Waals surface area (Å²) in [5.41, 5.74) is 2.14. The molecule has 26 heavy (non-hydrogen) atoms. The Morgan fingerprint density at radius 1 is 1.12 bits per heavy atom. The number of ether oxygens (including phenoxy) is 1. The smallest absolute Gasteiger partial charge is 0.274 e. The van der Waals surface area contributed by atoms with Crippen molar-refractivity contribution in [1.82, 2.24) is 4.98 Å². The third-order valence-electron chi connectivity index (χ3n) is 3.77. The Labute approximate surface area is 150 Å². The van der Waals surface area contributed by atoms with Crippen LogP contribution in [0.4, 0.5) is 15.8 Å². The number of hydrogen-bond acceptors (Lipinski definition) is 4. The van der Waals surface area contributed by atoms with E-state index in [4.69, 9.17) is 4.74 Å². The van der Waals surface area contributed by atoms with Crippen LogP contribution in [0.5, 0.6) is 5.75 Å². The van der Waals surface area contributed by atoms with E-state index in [-0.39, 0.29) is 11.4 Å². The first-order valence-corrected chi connectivity index (χ1v) is 8.04. The van der Waals surface area contributed by atoms with Gasteiger partial charge < -0.3 is 15.4 Å². The van der Waals surface area contributed by atoms with E-state index in [0.717, 1.165) is 17.0 Å². The molecule has 0 unspecified atom stereocenters. The highest BCUT2D eigenvalue weighted by Gasteiger charge is 2.10. The lowest BCUT2D eigenvalue weighted by Crippen LogP contribution is -2.15. The van der Waals surface area contributed by atoms with Crippen LogP contribution < -0.4 is 15.4 Å². The van der Waals surface area contributed by atoms with E-state index in [2.05, 4.69) is 15.6 Å². The summed E-state index contributed by atoms with van der Waals surface area (Å²) in [5.74, 6) is -0.164. The van der Waals surface area contributed by atoms with Crippen LogP contribution in [-0.2, 0) is 6.54 Å². The molecular formula is C20H18FN3O2. The second kappa shape index (κ2) is 8.11.